The Hall–Kier alpha value is -1.80. The molecule has 0 saturated carbocycles. The van der Waals surface area contributed by atoms with Crippen LogP contribution >= 0.6 is 0 Å². The Kier molecular flexibility index (Phi) is 4.00. The number of nitrogens with two attached hydrogens (primary N) is 1. The Morgan fingerprint density at radius 3 is 2.44 bits per heavy atom. The lowest BCUT2D eigenvalue weighted by Crippen LogP contribution is -2.08. The predicted octanol–water partition coefficient (Wildman–Crippen LogP) is 3.59. The van der Waals surface area contributed by atoms with Crippen LogP contribution in [-0.2, 0) is 6.54 Å². The molecule has 1 unspecified atom stereocenters. The van der Waals surface area contributed by atoms with Gasteiger partial charge in [-0.3, -0.25) is 0 Å². The van der Waals surface area contributed by atoms with E-state index in [4.69, 9.17) is 10.5 Å². The van der Waals surface area contributed by atoms with Crippen LogP contribution in [0, 0.1) is 6.92 Å². The summed E-state index contributed by atoms with van der Waals surface area (Å²) in [7, 11) is 0. The molecule has 2 rings (SSSR count). The molecule has 0 aromatic heterocycles. The average molecular weight is 241 g/mol. The van der Waals surface area contributed by atoms with Gasteiger partial charge in [0.1, 0.15) is 11.9 Å². The lowest BCUT2D eigenvalue weighted by molar-refractivity contribution is 0.223. The minimum Gasteiger partial charge on any atom is -0.485 e. The first-order valence-corrected chi connectivity index (χ1v) is 6.22. The molecule has 2 N–H and O–H groups in total. The Balaban J connectivity index is 2.24. The summed E-state index contributed by atoms with van der Waals surface area (Å²) in [5.41, 5.74) is 9.10. The van der Waals surface area contributed by atoms with E-state index in [2.05, 4.69) is 19.1 Å². The van der Waals surface area contributed by atoms with Crippen LogP contribution < -0.4 is 10.5 Å². The largest absolute Gasteiger partial charge is 0.485 e. The minimum atomic E-state index is 0.0256. The van der Waals surface area contributed by atoms with Gasteiger partial charge in [-0.05, 0) is 25.0 Å². The molecule has 2 aromatic rings. The van der Waals surface area contributed by atoms with E-state index in [1.165, 1.54) is 5.56 Å². The monoisotopic (exact) mass is 241 g/mol. The predicted molar refractivity (Wildman–Crippen MR) is 74.6 cm³/mol. The highest BCUT2D eigenvalue weighted by molar-refractivity contribution is 5.41. The molecule has 0 bridgehead atoms. The number of benzene rings is 2. The molecule has 0 aliphatic heterocycles. The number of hydrogen-bond acceptors (Lipinski definition) is 2. The van der Waals surface area contributed by atoms with Crippen molar-refractivity contribution in [2.75, 3.05) is 0 Å². The van der Waals surface area contributed by atoms with Gasteiger partial charge in [-0.15, -0.1) is 0 Å². The van der Waals surface area contributed by atoms with Crippen LogP contribution in [0.2, 0.25) is 0 Å². The zero-order chi connectivity index (χ0) is 13.0. The zero-order valence-electron chi connectivity index (χ0n) is 10.9. The smallest absolute Gasteiger partial charge is 0.127 e. The number of rotatable bonds is 4. The molecule has 0 amide bonds. The van der Waals surface area contributed by atoms with Gasteiger partial charge in [0.05, 0.1) is 0 Å². The van der Waals surface area contributed by atoms with Gasteiger partial charge >= 0.3 is 0 Å². The number of aryl methyl sites for hydroxylation is 1. The quantitative estimate of drug-likeness (QED) is 0.887. The molecule has 94 valence electrons. The fraction of sp³-hybridized carbons (Fsp3) is 0.250. The summed E-state index contributed by atoms with van der Waals surface area (Å²) in [4.78, 5) is 0. The van der Waals surface area contributed by atoms with Crippen molar-refractivity contribution in [2.24, 2.45) is 5.73 Å². The number of ether oxygens (including phenoxy) is 1. The molecule has 0 fully saturated rings. The van der Waals surface area contributed by atoms with Crippen molar-refractivity contribution in [3.63, 3.8) is 0 Å². The fourth-order valence-electron chi connectivity index (χ4n) is 2.01. The van der Waals surface area contributed by atoms with Gasteiger partial charge in [0.15, 0.2) is 0 Å². The zero-order valence-corrected chi connectivity index (χ0v) is 10.9. The van der Waals surface area contributed by atoms with Crippen molar-refractivity contribution in [3.05, 3.63) is 65.2 Å². The van der Waals surface area contributed by atoms with E-state index < -0.39 is 0 Å². The van der Waals surface area contributed by atoms with E-state index in [9.17, 15) is 0 Å². The van der Waals surface area contributed by atoms with Gasteiger partial charge in [0.25, 0.3) is 0 Å². The Bertz CT molecular complexity index is 508. The summed E-state index contributed by atoms with van der Waals surface area (Å²) in [6.07, 6.45) is 0.0256. The molecule has 0 radical (unpaired) electrons. The van der Waals surface area contributed by atoms with Crippen LogP contribution in [0.5, 0.6) is 5.75 Å². The van der Waals surface area contributed by atoms with Crippen molar-refractivity contribution in [1.82, 2.24) is 0 Å². The number of hydrogen-bond donors (Lipinski definition) is 1. The normalized spacial score (nSPS) is 12.2. The maximum atomic E-state index is 6.07. The molecule has 2 heteroatoms. The van der Waals surface area contributed by atoms with Crippen molar-refractivity contribution < 1.29 is 4.74 Å². The third-order valence-electron chi connectivity index (χ3n) is 3.08. The summed E-state index contributed by atoms with van der Waals surface area (Å²) in [6, 6.07) is 16.3. The lowest BCUT2D eigenvalue weighted by atomic mass is 10.1. The van der Waals surface area contributed by atoms with Crippen molar-refractivity contribution in [3.8, 4) is 5.75 Å². The van der Waals surface area contributed by atoms with Crippen molar-refractivity contribution in [2.45, 2.75) is 26.5 Å². The van der Waals surface area contributed by atoms with Gasteiger partial charge in [-0.1, -0.05) is 48.5 Å². The summed E-state index contributed by atoms with van der Waals surface area (Å²) in [5, 5.41) is 0. The molecule has 0 aliphatic carbocycles. The van der Waals surface area contributed by atoms with E-state index in [-0.39, 0.29) is 6.10 Å². The van der Waals surface area contributed by atoms with Gasteiger partial charge < -0.3 is 10.5 Å². The van der Waals surface area contributed by atoms with Gasteiger partial charge in [0.2, 0.25) is 0 Å². The first kappa shape index (κ1) is 12.7. The summed E-state index contributed by atoms with van der Waals surface area (Å²) in [5.74, 6) is 0.913. The molecule has 0 saturated heterocycles. The molecule has 2 aromatic carbocycles. The highest BCUT2D eigenvalue weighted by Gasteiger charge is 2.11. The maximum absolute atomic E-state index is 6.07. The van der Waals surface area contributed by atoms with Crippen LogP contribution in [0.25, 0.3) is 0 Å². The fourth-order valence-corrected chi connectivity index (χ4v) is 2.01. The second-order valence-electron chi connectivity index (χ2n) is 4.44. The average Bonchev–Trinajstić information content (AvgIpc) is 2.42. The van der Waals surface area contributed by atoms with Gasteiger partial charge in [0, 0.05) is 12.1 Å². The van der Waals surface area contributed by atoms with Crippen LogP contribution in [0.15, 0.2) is 48.5 Å². The first-order valence-electron chi connectivity index (χ1n) is 6.22. The van der Waals surface area contributed by atoms with Gasteiger partial charge in [-0.25, -0.2) is 0 Å². The summed E-state index contributed by atoms with van der Waals surface area (Å²) >= 11 is 0. The van der Waals surface area contributed by atoms with Gasteiger partial charge in [-0.2, -0.15) is 0 Å². The van der Waals surface area contributed by atoms with Crippen LogP contribution in [0.1, 0.15) is 29.7 Å². The van der Waals surface area contributed by atoms with E-state index >= 15 is 0 Å². The maximum Gasteiger partial charge on any atom is 0.127 e. The van der Waals surface area contributed by atoms with Crippen molar-refractivity contribution >= 4 is 0 Å². The molecular weight excluding hydrogens is 222 g/mol. The SMILES string of the molecule is Cc1cccc(CN)c1OC(C)c1ccccc1. The summed E-state index contributed by atoms with van der Waals surface area (Å²) < 4.78 is 6.07. The summed E-state index contributed by atoms with van der Waals surface area (Å²) in [6.45, 7) is 4.60. The third kappa shape index (κ3) is 2.71. The van der Waals surface area contributed by atoms with Crippen LogP contribution in [0.3, 0.4) is 0 Å². The van der Waals surface area contributed by atoms with E-state index in [0.717, 1.165) is 16.9 Å². The van der Waals surface area contributed by atoms with Crippen LogP contribution in [-0.4, -0.2) is 0 Å². The highest BCUT2D eigenvalue weighted by atomic mass is 16.5. The van der Waals surface area contributed by atoms with Crippen LogP contribution in [0.4, 0.5) is 0 Å². The second-order valence-corrected chi connectivity index (χ2v) is 4.44. The van der Waals surface area contributed by atoms with E-state index in [0.29, 0.717) is 6.54 Å². The van der Waals surface area contributed by atoms with E-state index in [1.807, 2.05) is 43.3 Å². The first-order chi connectivity index (χ1) is 8.72. The lowest BCUT2D eigenvalue weighted by Gasteiger charge is -2.19. The highest BCUT2D eigenvalue weighted by Crippen LogP contribution is 2.28. The Labute approximate surface area is 108 Å². The topological polar surface area (TPSA) is 35.2 Å². The Morgan fingerprint density at radius 1 is 1.06 bits per heavy atom. The molecule has 1 atom stereocenters. The molecule has 0 spiro atoms. The minimum absolute atomic E-state index is 0.0256. The number of para-hydroxylation sites is 1. The standard InChI is InChI=1S/C16H19NO/c1-12-7-6-10-15(11-17)16(12)18-13(2)14-8-4-3-5-9-14/h3-10,13H,11,17H2,1-2H3. The Morgan fingerprint density at radius 2 is 1.78 bits per heavy atom. The molecule has 18 heavy (non-hydrogen) atoms. The van der Waals surface area contributed by atoms with E-state index in [1.54, 1.807) is 0 Å². The third-order valence-corrected chi connectivity index (χ3v) is 3.08. The molecular formula is C16H19NO. The molecule has 0 aliphatic rings. The van der Waals surface area contributed by atoms with Crippen molar-refractivity contribution in [1.29, 1.82) is 0 Å². The molecule has 2 nitrogen and oxygen atoms in total. The second kappa shape index (κ2) is 5.69. The molecule has 0 heterocycles.